The van der Waals surface area contributed by atoms with Gasteiger partial charge in [0.1, 0.15) is 0 Å². The summed E-state index contributed by atoms with van der Waals surface area (Å²) in [5.41, 5.74) is 1.36. The lowest BCUT2D eigenvalue weighted by Crippen LogP contribution is -2.44. The number of nitrogens with one attached hydrogen (secondary N) is 1. The Kier molecular flexibility index (Phi) is 4.60. The molecule has 1 saturated heterocycles. The third kappa shape index (κ3) is 3.80. The first-order valence-electron chi connectivity index (χ1n) is 6.35. The van der Waals surface area contributed by atoms with Gasteiger partial charge < -0.3 is 10.2 Å². The summed E-state index contributed by atoms with van der Waals surface area (Å²) in [5.74, 6) is 0. The highest BCUT2D eigenvalue weighted by atomic mass is 79.9. The lowest BCUT2D eigenvalue weighted by Gasteiger charge is -2.32. The summed E-state index contributed by atoms with van der Waals surface area (Å²) in [6, 6.07) is 9.66. The standard InChI is InChI=1S/C14H21BrN2/c1-11(12-5-7-13(15)8-6-12)16-14-4-3-9-17(2)10-14/h5-8,11,14,16H,3-4,9-10H2,1-2H3. The van der Waals surface area contributed by atoms with Gasteiger partial charge in [-0.1, -0.05) is 28.1 Å². The van der Waals surface area contributed by atoms with Crippen molar-refractivity contribution in [2.45, 2.75) is 31.8 Å². The van der Waals surface area contributed by atoms with E-state index in [0.717, 1.165) is 4.47 Å². The summed E-state index contributed by atoms with van der Waals surface area (Å²) >= 11 is 3.47. The molecule has 1 heterocycles. The van der Waals surface area contributed by atoms with Crippen molar-refractivity contribution >= 4 is 15.9 Å². The van der Waals surface area contributed by atoms with E-state index in [2.05, 4.69) is 64.4 Å². The molecule has 0 amide bonds. The van der Waals surface area contributed by atoms with Gasteiger partial charge in [-0.25, -0.2) is 0 Å². The Bertz CT molecular complexity index is 350. The van der Waals surface area contributed by atoms with Crippen LogP contribution in [0.15, 0.2) is 28.7 Å². The van der Waals surface area contributed by atoms with Gasteiger partial charge in [-0.05, 0) is 51.1 Å². The monoisotopic (exact) mass is 296 g/mol. The van der Waals surface area contributed by atoms with Crippen LogP contribution < -0.4 is 5.32 Å². The summed E-state index contributed by atoms with van der Waals surface area (Å²) in [5, 5.41) is 3.73. The van der Waals surface area contributed by atoms with Crippen LogP contribution in [0, 0.1) is 0 Å². The van der Waals surface area contributed by atoms with Gasteiger partial charge in [0, 0.05) is 23.1 Å². The van der Waals surface area contributed by atoms with Gasteiger partial charge in [0.15, 0.2) is 0 Å². The molecule has 1 N–H and O–H groups in total. The fraction of sp³-hybridized carbons (Fsp3) is 0.571. The minimum atomic E-state index is 0.430. The number of rotatable bonds is 3. The number of nitrogens with zero attached hydrogens (tertiary/aromatic N) is 1. The highest BCUT2D eigenvalue weighted by Gasteiger charge is 2.18. The van der Waals surface area contributed by atoms with E-state index < -0.39 is 0 Å². The second-order valence-corrected chi connectivity index (χ2v) is 5.96. The maximum absolute atomic E-state index is 3.73. The normalized spacial score (nSPS) is 23.6. The van der Waals surface area contributed by atoms with Crippen LogP contribution in [-0.4, -0.2) is 31.1 Å². The van der Waals surface area contributed by atoms with Crippen LogP contribution in [0.3, 0.4) is 0 Å². The van der Waals surface area contributed by atoms with Crippen LogP contribution in [0.5, 0.6) is 0 Å². The van der Waals surface area contributed by atoms with Crippen molar-refractivity contribution in [3.63, 3.8) is 0 Å². The number of hydrogen-bond acceptors (Lipinski definition) is 2. The number of piperidine rings is 1. The van der Waals surface area contributed by atoms with Gasteiger partial charge in [0.05, 0.1) is 0 Å². The van der Waals surface area contributed by atoms with Crippen molar-refractivity contribution in [1.82, 2.24) is 10.2 Å². The van der Waals surface area contributed by atoms with Gasteiger partial charge in [-0.2, -0.15) is 0 Å². The number of benzene rings is 1. The smallest absolute Gasteiger partial charge is 0.0294 e. The lowest BCUT2D eigenvalue weighted by atomic mass is 10.0. The summed E-state index contributed by atoms with van der Waals surface area (Å²) in [6.45, 7) is 4.66. The van der Waals surface area contributed by atoms with E-state index in [9.17, 15) is 0 Å². The van der Waals surface area contributed by atoms with Crippen molar-refractivity contribution in [3.8, 4) is 0 Å². The highest BCUT2D eigenvalue weighted by molar-refractivity contribution is 9.10. The van der Waals surface area contributed by atoms with E-state index in [1.807, 2.05) is 0 Å². The SMILES string of the molecule is CC(NC1CCCN(C)C1)c1ccc(Br)cc1. The molecule has 0 aromatic heterocycles. The molecule has 1 fully saturated rings. The molecule has 2 rings (SSSR count). The summed E-state index contributed by atoms with van der Waals surface area (Å²) in [6.07, 6.45) is 2.60. The molecule has 0 aliphatic carbocycles. The largest absolute Gasteiger partial charge is 0.306 e. The molecule has 3 heteroatoms. The Morgan fingerprint density at radius 3 is 2.71 bits per heavy atom. The minimum absolute atomic E-state index is 0.430. The molecule has 0 radical (unpaired) electrons. The van der Waals surface area contributed by atoms with Crippen LogP contribution in [0.25, 0.3) is 0 Å². The molecule has 17 heavy (non-hydrogen) atoms. The average Bonchev–Trinajstić information content (AvgIpc) is 2.29. The highest BCUT2D eigenvalue weighted by Crippen LogP contribution is 2.18. The zero-order valence-electron chi connectivity index (χ0n) is 10.6. The third-order valence-electron chi connectivity index (χ3n) is 3.48. The summed E-state index contributed by atoms with van der Waals surface area (Å²) in [7, 11) is 2.21. The van der Waals surface area contributed by atoms with E-state index in [1.165, 1.54) is 31.5 Å². The van der Waals surface area contributed by atoms with Gasteiger partial charge in [-0.15, -0.1) is 0 Å². The van der Waals surface area contributed by atoms with Gasteiger partial charge >= 0.3 is 0 Å². The van der Waals surface area contributed by atoms with Crippen LogP contribution >= 0.6 is 15.9 Å². The zero-order chi connectivity index (χ0) is 12.3. The quantitative estimate of drug-likeness (QED) is 0.921. The van der Waals surface area contributed by atoms with Crippen LogP contribution in [0.2, 0.25) is 0 Å². The molecule has 94 valence electrons. The van der Waals surface area contributed by atoms with E-state index in [-0.39, 0.29) is 0 Å². The Labute approximate surface area is 113 Å². The maximum Gasteiger partial charge on any atom is 0.0294 e. The first-order valence-corrected chi connectivity index (χ1v) is 7.14. The Morgan fingerprint density at radius 1 is 1.35 bits per heavy atom. The summed E-state index contributed by atoms with van der Waals surface area (Å²) in [4.78, 5) is 2.41. The third-order valence-corrected chi connectivity index (χ3v) is 4.01. The number of likely N-dealkylation sites (N-methyl/N-ethyl adjacent to an activating group) is 1. The van der Waals surface area contributed by atoms with Gasteiger partial charge in [0.2, 0.25) is 0 Å². The summed E-state index contributed by atoms with van der Waals surface area (Å²) < 4.78 is 1.14. The number of hydrogen-bond donors (Lipinski definition) is 1. The van der Waals surface area contributed by atoms with E-state index in [4.69, 9.17) is 0 Å². The fourth-order valence-corrected chi connectivity index (χ4v) is 2.77. The predicted octanol–water partition coefficient (Wildman–Crippen LogP) is 3.19. The van der Waals surface area contributed by atoms with Gasteiger partial charge in [-0.3, -0.25) is 0 Å². The van der Waals surface area contributed by atoms with E-state index in [1.54, 1.807) is 0 Å². The number of likely N-dealkylation sites (tertiary alicyclic amines) is 1. The van der Waals surface area contributed by atoms with Crippen LogP contribution in [0.4, 0.5) is 0 Å². The molecular weight excluding hydrogens is 276 g/mol. The molecule has 0 saturated carbocycles. The Hall–Kier alpha value is -0.380. The van der Waals surface area contributed by atoms with E-state index >= 15 is 0 Å². The minimum Gasteiger partial charge on any atom is -0.306 e. The van der Waals surface area contributed by atoms with E-state index in [0.29, 0.717) is 12.1 Å². The molecule has 1 aliphatic rings. The molecular formula is C14H21BrN2. The Morgan fingerprint density at radius 2 is 2.06 bits per heavy atom. The molecule has 2 nitrogen and oxygen atoms in total. The molecule has 1 aromatic rings. The van der Waals surface area contributed by atoms with Crippen molar-refractivity contribution in [2.75, 3.05) is 20.1 Å². The van der Waals surface area contributed by atoms with Crippen molar-refractivity contribution in [2.24, 2.45) is 0 Å². The van der Waals surface area contributed by atoms with Crippen molar-refractivity contribution in [3.05, 3.63) is 34.3 Å². The molecule has 2 unspecified atom stereocenters. The number of halogens is 1. The molecule has 0 bridgehead atoms. The van der Waals surface area contributed by atoms with Gasteiger partial charge in [0.25, 0.3) is 0 Å². The molecule has 0 spiro atoms. The predicted molar refractivity (Wildman–Crippen MR) is 76.2 cm³/mol. The fourth-order valence-electron chi connectivity index (χ4n) is 2.50. The van der Waals surface area contributed by atoms with Crippen molar-refractivity contribution in [1.29, 1.82) is 0 Å². The van der Waals surface area contributed by atoms with Crippen molar-refractivity contribution < 1.29 is 0 Å². The zero-order valence-corrected chi connectivity index (χ0v) is 12.2. The first kappa shape index (κ1) is 13.1. The maximum atomic E-state index is 3.73. The Balaban J connectivity index is 1.91. The van der Waals surface area contributed by atoms with Crippen LogP contribution in [0.1, 0.15) is 31.4 Å². The average molecular weight is 297 g/mol. The second kappa shape index (κ2) is 5.98. The second-order valence-electron chi connectivity index (χ2n) is 5.04. The lowest BCUT2D eigenvalue weighted by molar-refractivity contribution is 0.218. The first-order chi connectivity index (χ1) is 8.15. The topological polar surface area (TPSA) is 15.3 Å². The van der Waals surface area contributed by atoms with Crippen LogP contribution in [-0.2, 0) is 0 Å². The molecule has 1 aliphatic heterocycles. The molecule has 2 atom stereocenters. The molecule has 1 aromatic carbocycles.